The lowest BCUT2D eigenvalue weighted by atomic mass is 10.0. The summed E-state index contributed by atoms with van der Waals surface area (Å²) >= 11 is 0. The standard InChI is InChI=1S/C25H33N5O6S/c1-24(2,19(32)14-31)37(35,36)25(9-10-25)15-30-11-8-18-20(28-29(3)21(18)23(30)34)22(33)27-13-17-6-4-16(12-26)5-7-17/h4-7,19,23,31-32,34H,8-11,13-15H2,1-3H3,(H,27,33)/t19-,23?/m1/s1. The number of benzene rings is 1. The number of aliphatic hydroxyl groups is 3. The molecule has 1 aromatic carbocycles. The van der Waals surface area contributed by atoms with Crippen molar-refractivity contribution in [1.29, 1.82) is 5.26 Å². The summed E-state index contributed by atoms with van der Waals surface area (Å²) in [5.74, 6) is -0.386. The Labute approximate surface area is 216 Å². The highest BCUT2D eigenvalue weighted by Gasteiger charge is 2.62. The molecule has 1 aliphatic heterocycles. The molecule has 0 saturated heterocycles. The van der Waals surface area contributed by atoms with Crippen molar-refractivity contribution in [3.63, 3.8) is 0 Å². The Balaban J connectivity index is 1.49. The number of aromatic nitrogens is 2. The van der Waals surface area contributed by atoms with Gasteiger partial charge in [0.05, 0.1) is 39.5 Å². The Kier molecular flexibility index (Phi) is 7.22. The first kappa shape index (κ1) is 27.2. The largest absolute Gasteiger partial charge is 0.394 e. The number of aryl methyl sites for hydroxylation is 1. The van der Waals surface area contributed by atoms with Crippen LogP contribution >= 0.6 is 0 Å². The quantitative estimate of drug-likeness (QED) is 0.352. The van der Waals surface area contributed by atoms with Crippen LogP contribution < -0.4 is 5.32 Å². The molecular formula is C25H33N5O6S. The third-order valence-electron chi connectivity index (χ3n) is 7.72. The molecule has 0 spiro atoms. The second-order valence-electron chi connectivity index (χ2n) is 10.4. The van der Waals surface area contributed by atoms with Crippen molar-refractivity contribution in [1.82, 2.24) is 20.0 Å². The summed E-state index contributed by atoms with van der Waals surface area (Å²) in [5.41, 5.74) is 2.63. The SMILES string of the molecule is Cn1nc(C(=O)NCc2ccc(C#N)cc2)c2c1C(O)N(CC1(S(=O)(=O)C(C)(C)[C@H](O)CO)CC1)CC2. The molecule has 1 saturated carbocycles. The van der Waals surface area contributed by atoms with Gasteiger partial charge in [-0.05, 0) is 50.8 Å². The van der Waals surface area contributed by atoms with Crippen LogP contribution in [0, 0.1) is 11.3 Å². The fourth-order valence-electron chi connectivity index (χ4n) is 4.99. The third-order valence-corrected chi connectivity index (χ3v) is 11.1. The van der Waals surface area contributed by atoms with E-state index in [-0.39, 0.29) is 24.7 Å². The van der Waals surface area contributed by atoms with E-state index in [0.29, 0.717) is 42.6 Å². The molecule has 0 radical (unpaired) electrons. The molecule has 2 aliphatic rings. The highest BCUT2D eigenvalue weighted by atomic mass is 32.2. The number of fused-ring (bicyclic) bond motifs is 1. The molecular weight excluding hydrogens is 498 g/mol. The number of carbonyl (C=O) groups is 1. The molecule has 2 heterocycles. The molecule has 200 valence electrons. The van der Waals surface area contributed by atoms with E-state index in [2.05, 4.69) is 10.4 Å². The van der Waals surface area contributed by atoms with Crippen molar-refractivity contribution in [3.05, 3.63) is 52.3 Å². The van der Waals surface area contributed by atoms with E-state index in [4.69, 9.17) is 5.26 Å². The summed E-state index contributed by atoms with van der Waals surface area (Å²) in [4.78, 5) is 14.6. The number of carbonyl (C=O) groups excluding carboxylic acids is 1. The summed E-state index contributed by atoms with van der Waals surface area (Å²) in [6.45, 7) is 2.82. The Morgan fingerprint density at radius 2 is 1.97 bits per heavy atom. The summed E-state index contributed by atoms with van der Waals surface area (Å²) in [7, 11) is -2.23. The van der Waals surface area contributed by atoms with Gasteiger partial charge >= 0.3 is 0 Å². The van der Waals surface area contributed by atoms with Gasteiger partial charge in [0.15, 0.2) is 21.8 Å². The van der Waals surface area contributed by atoms with Gasteiger partial charge in [-0.15, -0.1) is 0 Å². The van der Waals surface area contributed by atoms with Gasteiger partial charge in [0.1, 0.15) is 0 Å². The maximum absolute atomic E-state index is 13.5. The number of sulfone groups is 1. The van der Waals surface area contributed by atoms with Gasteiger partial charge in [0.25, 0.3) is 5.91 Å². The van der Waals surface area contributed by atoms with Gasteiger partial charge in [-0.1, -0.05) is 12.1 Å². The number of rotatable bonds is 9. The number of nitrogens with zero attached hydrogens (tertiary/aromatic N) is 4. The number of nitrogens with one attached hydrogen (secondary N) is 1. The fourth-order valence-corrected chi connectivity index (χ4v) is 7.51. The van der Waals surface area contributed by atoms with Crippen LogP contribution in [0.15, 0.2) is 24.3 Å². The molecule has 11 nitrogen and oxygen atoms in total. The van der Waals surface area contributed by atoms with Crippen molar-refractivity contribution in [2.24, 2.45) is 7.05 Å². The maximum Gasteiger partial charge on any atom is 0.272 e. The van der Waals surface area contributed by atoms with Crippen molar-refractivity contribution in [3.8, 4) is 6.07 Å². The first-order valence-electron chi connectivity index (χ1n) is 12.2. The zero-order valence-electron chi connectivity index (χ0n) is 21.2. The van der Waals surface area contributed by atoms with Crippen molar-refractivity contribution in [2.45, 2.75) is 61.5 Å². The molecule has 2 aromatic rings. The number of hydrogen-bond acceptors (Lipinski definition) is 9. The lowest BCUT2D eigenvalue weighted by Crippen LogP contribution is -2.54. The molecule has 1 amide bonds. The van der Waals surface area contributed by atoms with Crippen molar-refractivity contribution >= 4 is 15.7 Å². The molecule has 1 fully saturated rings. The second kappa shape index (κ2) is 9.81. The predicted octanol–water partition coefficient (Wildman–Crippen LogP) is 0.150. The molecule has 0 bridgehead atoms. The fraction of sp³-hybridized carbons (Fsp3) is 0.560. The van der Waals surface area contributed by atoms with Crippen LogP contribution in [0.3, 0.4) is 0 Å². The average molecular weight is 532 g/mol. The van der Waals surface area contributed by atoms with Gasteiger partial charge in [0, 0.05) is 32.2 Å². The molecule has 4 rings (SSSR count). The minimum Gasteiger partial charge on any atom is -0.394 e. The second-order valence-corrected chi connectivity index (χ2v) is 13.3. The Bertz CT molecular complexity index is 1320. The molecule has 1 aromatic heterocycles. The highest BCUT2D eigenvalue weighted by molar-refractivity contribution is 7.94. The summed E-state index contributed by atoms with van der Waals surface area (Å²) in [6.07, 6.45) is -1.36. The van der Waals surface area contributed by atoms with Crippen LogP contribution in [-0.2, 0) is 29.9 Å². The van der Waals surface area contributed by atoms with Gasteiger partial charge in [0.2, 0.25) is 0 Å². The first-order valence-corrected chi connectivity index (χ1v) is 13.6. The van der Waals surface area contributed by atoms with E-state index < -0.39 is 38.3 Å². The molecule has 2 atom stereocenters. The van der Waals surface area contributed by atoms with E-state index in [0.717, 1.165) is 5.56 Å². The van der Waals surface area contributed by atoms with E-state index in [1.54, 1.807) is 36.2 Å². The van der Waals surface area contributed by atoms with Crippen LogP contribution in [0.4, 0.5) is 0 Å². The van der Waals surface area contributed by atoms with Crippen LogP contribution in [-0.4, -0.2) is 79.6 Å². The molecule has 1 aliphatic carbocycles. The molecule has 1 unspecified atom stereocenters. The van der Waals surface area contributed by atoms with Crippen molar-refractivity contribution in [2.75, 3.05) is 19.7 Å². The minimum absolute atomic E-state index is 0.0723. The van der Waals surface area contributed by atoms with Crippen LogP contribution in [0.1, 0.15) is 65.8 Å². The van der Waals surface area contributed by atoms with E-state index in [1.165, 1.54) is 18.5 Å². The molecule has 12 heteroatoms. The predicted molar refractivity (Wildman–Crippen MR) is 134 cm³/mol. The van der Waals surface area contributed by atoms with Gasteiger partial charge in [-0.3, -0.25) is 14.4 Å². The lowest BCUT2D eigenvalue weighted by molar-refractivity contribution is -0.0138. The van der Waals surface area contributed by atoms with Gasteiger partial charge in [-0.25, -0.2) is 8.42 Å². The smallest absolute Gasteiger partial charge is 0.272 e. The number of amides is 1. The van der Waals surface area contributed by atoms with E-state index >= 15 is 0 Å². The lowest BCUT2D eigenvalue weighted by Gasteiger charge is -2.38. The zero-order chi connectivity index (χ0) is 27.2. The number of hydrogen-bond donors (Lipinski definition) is 4. The van der Waals surface area contributed by atoms with Crippen LogP contribution in [0.5, 0.6) is 0 Å². The van der Waals surface area contributed by atoms with Gasteiger partial charge < -0.3 is 20.6 Å². The van der Waals surface area contributed by atoms with E-state index in [1.807, 2.05) is 6.07 Å². The first-order chi connectivity index (χ1) is 17.4. The topological polar surface area (TPSA) is 169 Å². The normalized spacial score (nSPS) is 20.1. The Hall–Kier alpha value is -2.82. The van der Waals surface area contributed by atoms with Crippen molar-refractivity contribution < 1.29 is 28.5 Å². The molecule has 37 heavy (non-hydrogen) atoms. The monoisotopic (exact) mass is 531 g/mol. The van der Waals surface area contributed by atoms with Gasteiger partial charge in [-0.2, -0.15) is 10.4 Å². The molecule has 4 N–H and O–H groups in total. The Morgan fingerprint density at radius 1 is 1.32 bits per heavy atom. The van der Waals surface area contributed by atoms with Crippen LogP contribution in [0.25, 0.3) is 0 Å². The average Bonchev–Trinajstić information content (AvgIpc) is 3.60. The summed E-state index contributed by atoms with van der Waals surface area (Å²) in [5, 5.41) is 46.8. The number of nitriles is 1. The minimum atomic E-state index is -3.86. The summed E-state index contributed by atoms with van der Waals surface area (Å²) in [6, 6.07) is 8.92. The summed E-state index contributed by atoms with van der Waals surface area (Å²) < 4.78 is 25.8. The maximum atomic E-state index is 13.5. The number of aliphatic hydroxyl groups excluding tert-OH is 3. The Morgan fingerprint density at radius 3 is 2.54 bits per heavy atom. The zero-order valence-corrected chi connectivity index (χ0v) is 22.0. The van der Waals surface area contributed by atoms with E-state index in [9.17, 15) is 28.5 Å². The van der Waals surface area contributed by atoms with Crippen LogP contribution in [0.2, 0.25) is 0 Å². The highest BCUT2D eigenvalue weighted by Crippen LogP contribution is 2.50. The third kappa shape index (κ3) is 4.66.